The highest BCUT2D eigenvalue weighted by Gasteiger charge is 2.37. The third-order valence-electron chi connectivity index (χ3n) is 6.06. The van der Waals surface area contributed by atoms with Gasteiger partial charge in [-0.3, -0.25) is 14.9 Å². The Kier molecular flexibility index (Phi) is 6.87. The first kappa shape index (κ1) is 22.3. The molecule has 2 amide bonds. The van der Waals surface area contributed by atoms with E-state index < -0.39 is 0 Å². The zero-order valence-electron chi connectivity index (χ0n) is 18.2. The van der Waals surface area contributed by atoms with Crippen LogP contribution in [0.2, 0.25) is 0 Å². The van der Waals surface area contributed by atoms with Gasteiger partial charge in [-0.15, -0.1) is 0 Å². The average molecular weight is 444 g/mol. The first-order valence-electron chi connectivity index (χ1n) is 11.1. The highest BCUT2D eigenvalue weighted by atomic mass is 16.5. The van der Waals surface area contributed by atoms with Crippen molar-refractivity contribution < 1.29 is 14.3 Å². The molecule has 0 aliphatic carbocycles. The molecular formula is C25H25N5O3. The van der Waals surface area contributed by atoms with E-state index in [0.29, 0.717) is 35.5 Å². The Morgan fingerprint density at radius 2 is 1.94 bits per heavy atom. The molecule has 3 atom stereocenters. The van der Waals surface area contributed by atoms with Crippen LogP contribution in [0.5, 0.6) is 5.75 Å². The van der Waals surface area contributed by atoms with Crippen molar-refractivity contribution in [3.63, 3.8) is 0 Å². The molecule has 2 aromatic carbocycles. The molecule has 0 aromatic heterocycles. The zero-order chi connectivity index (χ0) is 23.2. The minimum atomic E-state index is -0.336. The first-order valence-corrected chi connectivity index (χ1v) is 11.1. The summed E-state index contributed by atoms with van der Waals surface area (Å²) < 4.78 is 5.91. The second-order valence-corrected chi connectivity index (χ2v) is 8.27. The topological polar surface area (TPSA) is 118 Å². The number of anilines is 1. The summed E-state index contributed by atoms with van der Waals surface area (Å²) in [6.45, 7) is 0.893. The van der Waals surface area contributed by atoms with Gasteiger partial charge in [0.2, 0.25) is 5.91 Å². The van der Waals surface area contributed by atoms with Gasteiger partial charge >= 0.3 is 0 Å². The van der Waals surface area contributed by atoms with Crippen molar-refractivity contribution in [1.82, 2.24) is 10.2 Å². The smallest absolute Gasteiger partial charge is 0.255 e. The Balaban J connectivity index is 1.36. The zero-order valence-corrected chi connectivity index (χ0v) is 18.2. The van der Waals surface area contributed by atoms with E-state index in [0.717, 1.165) is 19.3 Å². The van der Waals surface area contributed by atoms with Crippen molar-refractivity contribution in [2.45, 2.75) is 43.8 Å². The van der Waals surface area contributed by atoms with Crippen LogP contribution in [0, 0.1) is 22.7 Å². The minimum absolute atomic E-state index is 0.0288. The maximum Gasteiger partial charge on any atom is 0.255 e. The second kappa shape index (κ2) is 10.2. The van der Waals surface area contributed by atoms with Gasteiger partial charge in [-0.25, -0.2) is 0 Å². The predicted molar refractivity (Wildman–Crippen MR) is 121 cm³/mol. The number of carbonyl (C=O) groups is 2. The Hall–Kier alpha value is -3.88. The summed E-state index contributed by atoms with van der Waals surface area (Å²) in [4.78, 5) is 27.1. The lowest BCUT2D eigenvalue weighted by molar-refractivity contribution is -0.133. The van der Waals surface area contributed by atoms with Crippen LogP contribution in [0.15, 0.2) is 48.5 Å². The van der Waals surface area contributed by atoms with Crippen LogP contribution in [0.25, 0.3) is 0 Å². The highest BCUT2D eigenvalue weighted by molar-refractivity contribution is 6.04. The molecule has 0 saturated carbocycles. The highest BCUT2D eigenvalue weighted by Crippen LogP contribution is 2.24. The number of nitrogens with one attached hydrogen (secondary N) is 2. The molecule has 168 valence electrons. The summed E-state index contributed by atoms with van der Waals surface area (Å²) in [5, 5.41) is 24.8. The van der Waals surface area contributed by atoms with Gasteiger partial charge in [0.05, 0.1) is 17.7 Å². The second-order valence-electron chi connectivity index (χ2n) is 8.27. The normalized spacial score (nSPS) is 21.8. The largest absolute Gasteiger partial charge is 0.491 e. The molecule has 8 heteroatoms. The molecule has 0 radical (unpaired) electrons. The number of hydrogen-bond donors (Lipinski definition) is 2. The maximum absolute atomic E-state index is 12.8. The summed E-state index contributed by atoms with van der Waals surface area (Å²) in [6.07, 6.45) is 3.00. The molecule has 33 heavy (non-hydrogen) atoms. The van der Waals surface area contributed by atoms with Gasteiger partial charge in [-0.2, -0.15) is 10.5 Å². The quantitative estimate of drug-likeness (QED) is 0.709. The Labute approximate surface area is 192 Å². The number of amides is 2. The van der Waals surface area contributed by atoms with Crippen LogP contribution >= 0.6 is 0 Å². The van der Waals surface area contributed by atoms with Crippen LogP contribution in [-0.2, 0) is 4.79 Å². The fourth-order valence-electron chi connectivity index (χ4n) is 4.30. The predicted octanol–water partition coefficient (Wildman–Crippen LogP) is 2.82. The van der Waals surface area contributed by atoms with Crippen molar-refractivity contribution in [2.24, 2.45) is 0 Å². The number of para-hydroxylation sites is 1. The third-order valence-corrected chi connectivity index (χ3v) is 6.06. The lowest BCUT2D eigenvalue weighted by atomic mass is 10.1. The molecular weight excluding hydrogens is 418 g/mol. The van der Waals surface area contributed by atoms with E-state index in [4.69, 9.17) is 4.74 Å². The summed E-state index contributed by atoms with van der Waals surface area (Å²) in [7, 11) is 0. The van der Waals surface area contributed by atoms with Gasteiger partial charge in [0.15, 0.2) is 0 Å². The standard InChI is InChI=1S/C25H25N5O3/c26-14-18-9-8-17(24(31)29-19-5-2-1-3-6-19)13-23(18)33-16-20-10-11-22(28-20)25(32)30-12-4-7-21(30)15-27/h1-3,5-6,8-9,13,20-22,28H,4,7,10-12,16H2,(H,29,31)/t20-,21+,22+/m1/s1. The van der Waals surface area contributed by atoms with Gasteiger partial charge in [0.1, 0.15) is 24.5 Å². The van der Waals surface area contributed by atoms with Gasteiger partial charge in [-0.05, 0) is 56.0 Å². The number of ether oxygens (including phenoxy) is 1. The number of nitriles is 2. The summed E-state index contributed by atoms with van der Waals surface area (Å²) in [5.41, 5.74) is 1.40. The molecule has 2 saturated heterocycles. The molecule has 2 heterocycles. The fourth-order valence-corrected chi connectivity index (χ4v) is 4.30. The first-order chi connectivity index (χ1) is 16.1. The summed E-state index contributed by atoms with van der Waals surface area (Å²) in [5.74, 6) is 0.00979. The number of likely N-dealkylation sites (tertiary alicyclic amines) is 1. The molecule has 8 nitrogen and oxygen atoms in total. The van der Waals surface area contributed by atoms with Crippen LogP contribution in [0.1, 0.15) is 41.6 Å². The van der Waals surface area contributed by atoms with Crippen molar-refractivity contribution in [3.8, 4) is 17.9 Å². The number of nitrogens with zero attached hydrogens (tertiary/aromatic N) is 3. The lowest BCUT2D eigenvalue weighted by Crippen LogP contribution is -2.47. The van der Waals surface area contributed by atoms with Crippen molar-refractivity contribution in [3.05, 3.63) is 59.7 Å². The summed E-state index contributed by atoms with van der Waals surface area (Å²) >= 11 is 0. The maximum atomic E-state index is 12.8. The number of carbonyl (C=O) groups excluding carboxylic acids is 2. The van der Waals surface area contributed by atoms with E-state index in [9.17, 15) is 20.1 Å². The van der Waals surface area contributed by atoms with E-state index in [-0.39, 0.29) is 36.5 Å². The molecule has 2 N–H and O–H groups in total. The van der Waals surface area contributed by atoms with Crippen LogP contribution in [0.3, 0.4) is 0 Å². The monoisotopic (exact) mass is 443 g/mol. The number of hydrogen-bond acceptors (Lipinski definition) is 6. The molecule has 4 rings (SSSR count). The fraction of sp³-hybridized carbons (Fsp3) is 0.360. The van der Waals surface area contributed by atoms with Gasteiger partial charge < -0.3 is 15.0 Å². The average Bonchev–Trinajstić information content (AvgIpc) is 3.52. The van der Waals surface area contributed by atoms with E-state index in [2.05, 4.69) is 22.8 Å². The summed E-state index contributed by atoms with van der Waals surface area (Å²) in [6, 6.07) is 17.4. The van der Waals surface area contributed by atoms with E-state index in [1.807, 2.05) is 18.2 Å². The van der Waals surface area contributed by atoms with Crippen LogP contribution < -0.4 is 15.4 Å². The van der Waals surface area contributed by atoms with Crippen molar-refractivity contribution in [1.29, 1.82) is 10.5 Å². The molecule has 2 fully saturated rings. The van der Waals surface area contributed by atoms with E-state index in [1.54, 1.807) is 35.2 Å². The molecule has 0 bridgehead atoms. The van der Waals surface area contributed by atoms with Gasteiger partial charge in [0.25, 0.3) is 5.91 Å². The van der Waals surface area contributed by atoms with Crippen molar-refractivity contribution in [2.75, 3.05) is 18.5 Å². The molecule has 0 unspecified atom stereocenters. The number of rotatable bonds is 6. The molecule has 2 aromatic rings. The lowest BCUT2D eigenvalue weighted by Gasteiger charge is -2.24. The van der Waals surface area contributed by atoms with Crippen molar-refractivity contribution >= 4 is 17.5 Å². The Morgan fingerprint density at radius 1 is 1.12 bits per heavy atom. The van der Waals surface area contributed by atoms with Crippen LogP contribution in [0.4, 0.5) is 5.69 Å². The Morgan fingerprint density at radius 3 is 2.70 bits per heavy atom. The van der Waals surface area contributed by atoms with Crippen LogP contribution in [-0.4, -0.2) is 48.0 Å². The third kappa shape index (κ3) is 5.14. The van der Waals surface area contributed by atoms with E-state index >= 15 is 0 Å². The Bertz CT molecular complexity index is 1110. The van der Waals surface area contributed by atoms with Gasteiger partial charge in [-0.1, -0.05) is 18.2 Å². The SMILES string of the molecule is N#Cc1ccc(C(=O)Nc2ccccc2)cc1OC[C@H]1CC[C@@H](C(=O)N2CCC[C@H]2C#N)N1. The van der Waals surface area contributed by atoms with E-state index in [1.165, 1.54) is 0 Å². The molecule has 2 aliphatic heterocycles. The van der Waals surface area contributed by atoms with Gasteiger partial charge in [0, 0.05) is 23.8 Å². The molecule has 0 spiro atoms. The molecule has 2 aliphatic rings. The minimum Gasteiger partial charge on any atom is -0.491 e. The number of benzene rings is 2.